The number of methoxy groups -OCH3 is 2. The Kier molecular flexibility index (Phi) is 36.6. The summed E-state index contributed by atoms with van der Waals surface area (Å²) in [5, 5.41) is 60.7. The summed E-state index contributed by atoms with van der Waals surface area (Å²) in [5.41, 5.74) is 6.80. The van der Waals surface area contributed by atoms with Gasteiger partial charge in [-0.3, -0.25) is 0 Å². The van der Waals surface area contributed by atoms with Crippen molar-refractivity contribution in [2.24, 2.45) is 0 Å². The molecule has 0 aromatic heterocycles. The van der Waals surface area contributed by atoms with Crippen LogP contribution < -0.4 is 29.1 Å². The number of phenols is 2. The van der Waals surface area contributed by atoms with Crippen molar-refractivity contribution in [3.8, 4) is 91.8 Å². The SMILES string of the molecule is BrCBr.COc1ccc(-c2ccc(F)c(F)c2)cc1.COc1ccc(B(O)O)cc1.Fc1ccc(Br)cc1F.N#Cc1ccc(O)cc1.N#Cc1ccc(OCBr)cc1.N#Cc1ccc(OCOc2ccc(-c3ccc(F)c(F)c3)cc2)cc1.Oc1ccc(-c2ccc(F)c(F)c2)cc1. The van der Waals surface area contributed by atoms with E-state index < -0.39 is 53.7 Å². The molecule has 11 rings (SSSR count). The standard InChI is InChI=1S/C20H13F2NO2.C13H10F2O.C12H8F2O.C8H6BrNO.C7H9BO3.C7H5NO.C6H3BrF2.CH2Br2/c21-19-10-5-16(11-20(19)22)15-3-8-18(9-4-15)25-13-24-17-6-1-14(12-23)2-7-17;1-16-11-5-2-9(3-6-11)10-4-7-12(14)13(15)8-10;13-11-6-3-9(7-12(11)14)8-1-4-10(15)5-2-8;9-6-11-8-3-1-7(5-10)2-4-8;1-11-7-4-2-6(3-5-7)8(9)10;8-5-6-1-3-7(9)4-2-6;7-4-1-2-5(8)6(9)3-4;2-1-3/h1-11H,13H2;2-8H,1H3;1-7,15H;1-4H,6H2;2-5,9-10H,1H3;1-4,9H;1-3H;1H2. The second kappa shape index (κ2) is 44.6. The Morgan fingerprint density at radius 1 is 0.343 bits per heavy atom. The fourth-order valence-electron chi connectivity index (χ4n) is 7.47. The van der Waals surface area contributed by atoms with E-state index in [0.29, 0.717) is 66.1 Å². The molecule has 99 heavy (non-hydrogen) atoms. The van der Waals surface area contributed by atoms with E-state index in [4.69, 9.17) is 59.7 Å². The molecule has 0 saturated heterocycles. The van der Waals surface area contributed by atoms with Crippen molar-refractivity contribution < 1.29 is 79.1 Å². The van der Waals surface area contributed by atoms with Gasteiger partial charge in [-0.05, 0) is 231 Å². The second-order valence-electron chi connectivity index (χ2n) is 19.1. The summed E-state index contributed by atoms with van der Waals surface area (Å²) in [5.74, 6) is -3.11. The Bertz CT molecular complexity index is 4350. The van der Waals surface area contributed by atoms with Gasteiger partial charge in [0.05, 0.1) is 53.4 Å². The Morgan fingerprint density at radius 2 is 0.606 bits per heavy atom. The minimum Gasteiger partial charge on any atom is -0.508 e. The molecular formula is C74H56BBr4F8N3O9. The van der Waals surface area contributed by atoms with Gasteiger partial charge >= 0.3 is 7.12 Å². The van der Waals surface area contributed by atoms with E-state index in [2.05, 4.69) is 63.7 Å². The number of alkyl halides is 3. The molecule has 508 valence electrons. The Hall–Kier alpha value is -10.2. The van der Waals surface area contributed by atoms with Crippen molar-refractivity contribution in [3.05, 3.63) is 310 Å². The van der Waals surface area contributed by atoms with Gasteiger partial charge in [0.2, 0.25) is 6.79 Å². The molecule has 11 aromatic carbocycles. The number of nitriles is 3. The Morgan fingerprint density at radius 3 is 0.899 bits per heavy atom. The molecule has 0 atom stereocenters. The van der Waals surface area contributed by atoms with Crippen LogP contribution in [0.4, 0.5) is 35.1 Å². The highest BCUT2D eigenvalue weighted by Crippen LogP contribution is 2.27. The number of phenolic OH excluding ortho intramolecular Hbond substituents is 2. The zero-order chi connectivity index (χ0) is 72.7. The van der Waals surface area contributed by atoms with Gasteiger partial charge in [0.15, 0.2) is 46.5 Å². The van der Waals surface area contributed by atoms with Gasteiger partial charge in [-0.25, -0.2) is 35.1 Å². The molecule has 11 aromatic rings. The van der Waals surface area contributed by atoms with Crippen LogP contribution in [0.2, 0.25) is 0 Å². The smallest absolute Gasteiger partial charge is 0.488 e. The zero-order valence-corrected chi connectivity index (χ0v) is 58.3. The molecule has 4 N–H and O–H groups in total. The molecule has 0 aliphatic heterocycles. The quantitative estimate of drug-likeness (QED) is 0.0297. The lowest BCUT2D eigenvalue weighted by Gasteiger charge is -2.09. The summed E-state index contributed by atoms with van der Waals surface area (Å²) in [7, 11) is 1.73. The van der Waals surface area contributed by atoms with Gasteiger partial charge in [-0.2, -0.15) is 15.8 Å². The largest absolute Gasteiger partial charge is 0.508 e. The van der Waals surface area contributed by atoms with Gasteiger partial charge < -0.3 is 43.9 Å². The summed E-state index contributed by atoms with van der Waals surface area (Å²) < 4.78 is 129. The lowest BCUT2D eigenvalue weighted by molar-refractivity contribution is 0.120. The van der Waals surface area contributed by atoms with Crippen molar-refractivity contribution >= 4 is 76.3 Å². The highest BCUT2D eigenvalue weighted by atomic mass is 79.9. The molecule has 0 aliphatic carbocycles. The average Bonchev–Trinajstić information content (AvgIpc) is 0.883. The number of rotatable bonds is 12. The van der Waals surface area contributed by atoms with E-state index in [1.54, 1.807) is 166 Å². The zero-order valence-electron chi connectivity index (χ0n) is 52.0. The fraction of sp³-hybridized carbons (Fsp3) is 0.0676. The fourth-order valence-corrected chi connectivity index (χ4v) is 8.07. The van der Waals surface area contributed by atoms with Gasteiger partial charge in [0.1, 0.15) is 45.8 Å². The van der Waals surface area contributed by atoms with E-state index in [0.717, 1.165) is 74.9 Å². The van der Waals surface area contributed by atoms with E-state index in [-0.39, 0.29) is 18.3 Å². The summed E-state index contributed by atoms with van der Waals surface area (Å²) >= 11 is 12.2. The average molecular weight is 1610 g/mol. The van der Waals surface area contributed by atoms with Crippen LogP contribution in [0.25, 0.3) is 33.4 Å². The number of hydrogen-bond donors (Lipinski definition) is 4. The van der Waals surface area contributed by atoms with Crippen LogP contribution in [-0.4, -0.2) is 58.1 Å². The summed E-state index contributed by atoms with van der Waals surface area (Å²) in [6, 6.07) is 67.6. The first-order valence-corrected chi connectivity index (χ1v) is 32.5. The molecule has 0 saturated carbocycles. The molecule has 0 unspecified atom stereocenters. The number of benzene rings is 11. The van der Waals surface area contributed by atoms with Crippen LogP contribution in [0.1, 0.15) is 16.7 Å². The molecule has 0 fully saturated rings. The molecule has 0 amide bonds. The van der Waals surface area contributed by atoms with Crippen molar-refractivity contribution in [3.63, 3.8) is 0 Å². The third-order valence-electron chi connectivity index (χ3n) is 12.5. The van der Waals surface area contributed by atoms with E-state index in [9.17, 15) is 35.1 Å². The maximum absolute atomic E-state index is 13.3. The van der Waals surface area contributed by atoms with Crippen molar-refractivity contribution in [1.29, 1.82) is 15.8 Å². The van der Waals surface area contributed by atoms with E-state index in [1.165, 1.54) is 48.5 Å². The predicted octanol–water partition coefficient (Wildman–Crippen LogP) is 19.3. The molecule has 0 spiro atoms. The van der Waals surface area contributed by atoms with E-state index >= 15 is 0 Å². The highest BCUT2D eigenvalue weighted by molar-refractivity contribution is 9.24. The monoisotopic (exact) mass is 1610 g/mol. The first kappa shape index (κ1) is 81.3. The van der Waals surface area contributed by atoms with Gasteiger partial charge in [-0.1, -0.05) is 115 Å². The third-order valence-corrected chi connectivity index (χ3v) is 13.2. The maximum atomic E-state index is 13.3. The lowest BCUT2D eigenvalue weighted by Crippen LogP contribution is -2.29. The molecule has 0 bridgehead atoms. The van der Waals surface area contributed by atoms with Gasteiger partial charge in [0, 0.05) is 4.47 Å². The van der Waals surface area contributed by atoms with Gasteiger partial charge in [0.25, 0.3) is 0 Å². The maximum Gasteiger partial charge on any atom is 0.488 e. The molecular weight excluding hydrogens is 1560 g/mol. The minimum atomic E-state index is -1.40. The summed E-state index contributed by atoms with van der Waals surface area (Å²) in [4.78, 5) is 0. The van der Waals surface area contributed by atoms with Crippen molar-refractivity contribution in [2.75, 3.05) is 30.8 Å². The first-order chi connectivity index (χ1) is 47.6. The number of hydrogen-bond acceptors (Lipinski definition) is 12. The minimum absolute atomic E-state index is 0.0103. The number of nitrogens with zero attached hydrogens (tertiary/aromatic N) is 3. The number of aromatic hydroxyl groups is 2. The van der Waals surface area contributed by atoms with Crippen LogP contribution in [0.3, 0.4) is 0 Å². The highest BCUT2D eigenvalue weighted by Gasteiger charge is 2.11. The van der Waals surface area contributed by atoms with Crippen LogP contribution in [-0.2, 0) is 0 Å². The second-order valence-corrected chi connectivity index (χ2v) is 23.1. The van der Waals surface area contributed by atoms with Crippen LogP contribution in [0.15, 0.2) is 247 Å². The predicted molar refractivity (Wildman–Crippen MR) is 379 cm³/mol. The molecule has 12 nitrogen and oxygen atoms in total. The number of halogens is 12. The Labute approximate surface area is 600 Å². The normalized spacial score (nSPS) is 9.59. The van der Waals surface area contributed by atoms with Crippen molar-refractivity contribution in [2.45, 2.75) is 0 Å². The molecule has 0 radical (unpaired) electrons. The molecule has 25 heteroatoms. The van der Waals surface area contributed by atoms with Crippen molar-refractivity contribution in [1.82, 2.24) is 0 Å². The van der Waals surface area contributed by atoms with E-state index in [1.807, 2.05) is 18.2 Å². The van der Waals surface area contributed by atoms with Crippen LogP contribution in [0, 0.1) is 80.5 Å². The number of ether oxygens (including phenoxy) is 5. The third kappa shape index (κ3) is 30.0. The van der Waals surface area contributed by atoms with Crippen LogP contribution in [0.5, 0.6) is 40.2 Å². The molecule has 0 heterocycles. The Balaban J connectivity index is 0.000000251. The summed E-state index contributed by atoms with van der Waals surface area (Å²) in [6.07, 6.45) is 0. The lowest BCUT2D eigenvalue weighted by atomic mass is 9.80. The van der Waals surface area contributed by atoms with Crippen LogP contribution >= 0.6 is 63.7 Å². The molecule has 0 aliphatic rings. The topological polar surface area (TPSA) is 198 Å². The first-order valence-electron chi connectivity index (χ1n) is 28.3. The summed E-state index contributed by atoms with van der Waals surface area (Å²) in [6.45, 7) is 0.0103. The van der Waals surface area contributed by atoms with Gasteiger partial charge in [-0.15, -0.1) is 0 Å².